The van der Waals surface area contributed by atoms with E-state index in [4.69, 9.17) is 23.7 Å². The molecule has 3 rings (SSSR count). The molecule has 43 heavy (non-hydrogen) atoms. The molecule has 1 heterocycles. The van der Waals surface area contributed by atoms with E-state index in [2.05, 4.69) is 10.3 Å². The smallest absolute Gasteiger partial charge is 0.308 e. The van der Waals surface area contributed by atoms with E-state index in [1.165, 1.54) is 26.3 Å². The number of pyridine rings is 1. The summed E-state index contributed by atoms with van der Waals surface area (Å²) in [5, 5.41) is 2.76. The van der Waals surface area contributed by atoms with Crippen LogP contribution < -0.4 is 24.3 Å². The summed E-state index contributed by atoms with van der Waals surface area (Å²) in [6, 6.07) is 17.3. The molecule has 3 aromatic rings. The molecule has 0 radical (unpaired) electrons. The number of nitrogens with one attached hydrogen (secondary N) is 1. The van der Waals surface area contributed by atoms with E-state index >= 15 is 0 Å². The van der Waals surface area contributed by atoms with Crippen LogP contribution >= 0.6 is 0 Å². The standard InChI is InChI=1S/C33H40N2O8/c1-7-33(20-36,35-32(38)30-31(43-23(3)37)29(41-6)16-17-34-30)21-42-22(2)26(18-24-8-12-27(39-4)13-9-24)19-25-10-14-28(40-5)15-11-25/h8-17,20,22,26H,7,18-19,21H2,1-6H3,(H,35,38)/t22-,33+/m0/s1. The average molecular weight is 593 g/mol. The molecule has 0 saturated heterocycles. The van der Waals surface area contributed by atoms with Gasteiger partial charge in [-0.1, -0.05) is 31.2 Å². The minimum Gasteiger partial charge on any atom is -0.497 e. The second-order valence-corrected chi connectivity index (χ2v) is 10.2. The lowest BCUT2D eigenvalue weighted by atomic mass is 9.88. The number of carbonyl (C=O) groups excluding carboxylic acids is 3. The Balaban J connectivity index is 1.81. The van der Waals surface area contributed by atoms with Gasteiger partial charge in [0.2, 0.25) is 5.75 Å². The second kappa shape index (κ2) is 15.7. The Labute approximate surface area is 252 Å². The van der Waals surface area contributed by atoms with Crippen LogP contribution in [-0.4, -0.2) is 62.7 Å². The topological polar surface area (TPSA) is 122 Å². The number of aldehydes is 1. The number of amides is 1. The molecule has 2 atom stereocenters. The lowest BCUT2D eigenvalue weighted by molar-refractivity contribution is -0.132. The number of rotatable bonds is 16. The predicted molar refractivity (Wildman–Crippen MR) is 161 cm³/mol. The molecule has 10 nitrogen and oxygen atoms in total. The van der Waals surface area contributed by atoms with Crippen LogP contribution in [0.5, 0.6) is 23.0 Å². The Bertz CT molecular complexity index is 1310. The summed E-state index contributed by atoms with van der Waals surface area (Å²) in [7, 11) is 4.64. The fourth-order valence-electron chi connectivity index (χ4n) is 4.60. The van der Waals surface area contributed by atoms with Crippen molar-refractivity contribution < 1.29 is 38.1 Å². The summed E-state index contributed by atoms with van der Waals surface area (Å²) in [6.07, 6.45) is 3.41. The molecule has 1 aromatic heterocycles. The Morgan fingerprint density at radius 2 is 1.47 bits per heavy atom. The number of ether oxygens (including phenoxy) is 5. The van der Waals surface area contributed by atoms with Crippen molar-refractivity contribution in [3.05, 3.63) is 77.6 Å². The molecule has 0 unspecified atom stereocenters. The molecule has 0 saturated carbocycles. The Morgan fingerprint density at radius 3 is 1.91 bits per heavy atom. The minimum atomic E-state index is -1.35. The molecular formula is C33H40N2O8. The van der Waals surface area contributed by atoms with E-state index in [-0.39, 0.29) is 42.2 Å². The van der Waals surface area contributed by atoms with Crippen molar-refractivity contribution >= 4 is 18.2 Å². The van der Waals surface area contributed by atoms with Gasteiger partial charge in [0.1, 0.15) is 23.3 Å². The number of esters is 1. The summed E-state index contributed by atoms with van der Waals surface area (Å²) in [6.45, 7) is 4.88. The van der Waals surface area contributed by atoms with Crippen LogP contribution in [0.3, 0.4) is 0 Å². The van der Waals surface area contributed by atoms with E-state index < -0.39 is 17.4 Å². The van der Waals surface area contributed by atoms with Crippen molar-refractivity contribution in [2.24, 2.45) is 5.92 Å². The maximum Gasteiger partial charge on any atom is 0.308 e. The van der Waals surface area contributed by atoms with E-state index in [9.17, 15) is 14.4 Å². The molecule has 1 N–H and O–H groups in total. The van der Waals surface area contributed by atoms with Gasteiger partial charge in [0, 0.05) is 19.2 Å². The van der Waals surface area contributed by atoms with Gasteiger partial charge in [0.05, 0.1) is 34.0 Å². The van der Waals surface area contributed by atoms with Gasteiger partial charge in [0.25, 0.3) is 5.91 Å². The van der Waals surface area contributed by atoms with Gasteiger partial charge in [0.15, 0.2) is 11.4 Å². The quantitative estimate of drug-likeness (QED) is 0.188. The molecule has 0 spiro atoms. The number of hydrogen-bond donors (Lipinski definition) is 1. The Morgan fingerprint density at radius 1 is 0.907 bits per heavy atom. The van der Waals surface area contributed by atoms with Gasteiger partial charge in [-0.2, -0.15) is 0 Å². The molecule has 2 aromatic carbocycles. The van der Waals surface area contributed by atoms with Gasteiger partial charge >= 0.3 is 5.97 Å². The number of aromatic nitrogens is 1. The number of methoxy groups -OCH3 is 3. The Kier molecular flexibility index (Phi) is 12.1. The summed E-state index contributed by atoms with van der Waals surface area (Å²) >= 11 is 0. The maximum absolute atomic E-state index is 13.4. The number of carbonyl (C=O) groups is 3. The molecule has 0 fully saturated rings. The highest BCUT2D eigenvalue weighted by atomic mass is 16.6. The molecule has 0 aliphatic carbocycles. The largest absolute Gasteiger partial charge is 0.497 e. The number of benzene rings is 2. The van der Waals surface area contributed by atoms with Crippen LogP contribution in [0.2, 0.25) is 0 Å². The Hall–Kier alpha value is -4.44. The minimum absolute atomic E-state index is 0.0364. The van der Waals surface area contributed by atoms with Crippen molar-refractivity contribution in [3.8, 4) is 23.0 Å². The highest BCUT2D eigenvalue weighted by Crippen LogP contribution is 2.30. The van der Waals surface area contributed by atoms with Gasteiger partial charge < -0.3 is 33.8 Å². The maximum atomic E-state index is 13.4. The van der Waals surface area contributed by atoms with Crippen LogP contribution in [0, 0.1) is 5.92 Å². The van der Waals surface area contributed by atoms with E-state index in [0.717, 1.165) is 22.6 Å². The van der Waals surface area contributed by atoms with Crippen LogP contribution in [0.15, 0.2) is 60.8 Å². The van der Waals surface area contributed by atoms with Crippen molar-refractivity contribution in [1.82, 2.24) is 10.3 Å². The molecule has 0 aliphatic heterocycles. The first-order valence-electron chi connectivity index (χ1n) is 14.0. The lowest BCUT2D eigenvalue weighted by Crippen LogP contribution is -2.54. The molecular weight excluding hydrogens is 552 g/mol. The molecule has 0 aliphatic rings. The number of hydrogen-bond acceptors (Lipinski definition) is 9. The predicted octanol–water partition coefficient (Wildman–Crippen LogP) is 4.62. The van der Waals surface area contributed by atoms with E-state index in [1.54, 1.807) is 21.1 Å². The third-order valence-electron chi connectivity index (χ3n) is 7.35. The van der Waals surface area contributed by atoms with Crippen LogP contribution in [0.25, 0.3) is 0 Å². The van der Waals surface area contributed by atoms with Gasteiger partial charge in [-0.25, -0.2) is 4.98 Å². The average Bonchev–Trinajstić information content (AvgIpc) is 3.03. The zero-order chi connectivity index (χ0) is 31.4. The fourth-order valence-corrected chi connectivity index (χ4v) is 4.60. The van der Waals surface area contributed by atoms with Crippen LogP contribution in [-0.2, 0) is 27.2 Å². The van der Waals surface area contributed by atoms with Crippen LogP contribution in [0.4, 0.5) is 0 Å². The molecule has 0 bridgehead atoms. The zero-order valence-electron chi connectivity index (χ0n) is 25.5. The fraction of sp³-hybridized carbons (Fsp3) is 0.394. The first-order chi connectivity index (χ1) is 20.7. The van der Waals surface area contributed by atoms with Crippen LogP contribution in [0.1, 0.15) is 48.8 Å². The SMILES string of the molecule is CC[C@@](C=O)(CO[C@@H](C)C(Cc1ccc(OC)cc1)Cc1ccc(OC)cc1)NC(=O)c1nccc(OC)c1OC(C)=O. The molecule has 230 valence electrons. The zero-order valence-corrected chi connectivity index (χ0v) is 25.5. The van der Waals surface area contributed by atoms with Crippen molar-refractivity contribution in [2.45, 2.75) is 51.7 Å². The van der Waals surface area contributed by atoms with Crippen molar-refractivity contribution in [3.63, 3.8) is 0 Å². The number of nitrogens with zero attached hydrogens (tertiary/aromatic N) is 1. The molecule has 10 heteroatoms. The summed E-state index contributed by atoms with van der Waals surface area (Å²) in [5.74, 6) is 0.276. The third kappa shape index (κ3) is 9.02. The summed E-state index contributed by atoms with van der Waals surface area (Å²) < 4.78 is 27.4. The normalized spacial score (nSPS) is 13.0. The van der Waals surface area contributed by atoms with Gasteiger partial charge in [-0.15, -0.1) is 0 Å². The molecule has 1 amide bonds. The second-order valence-electron chi connectivity index (χ2n) is 10.2. The first kappa shape index (κ1) is 33.1. The van der Waals surface area contributed by atoms with E-state index in [1.807, 2.05) is 55.5 Å². The first-order valence-corrected chi connectivity index (χ1v) is 14.0. The van der Waals surface area contributed by atoms with Gasteiger partial charge in [-0.3, -0.25) is 9.59 Å². The highest BCUT2D eigenvalue weighted by Gasteiger charge is 2.34. The van der Waals surface area contributed by atoms with Gasteiger partial charge in [-0.05, 0) is 67.5 Å². The van der Waals surface area contributed by atoms with Crippen molar-refractivity contribution in [1.29, 1.82) is 0 Å². The summed E-state index contributed by atoms with van der Waals surface area (Å²) in [5.41, 5.74) is 0.692. The summed E-state index contributed by atoms with van der Waals surface area (Å²) in [4.78, 5) is 41.6. The third-order valence-corrected chi connectivity index (χ3v) is 7.35. The van der Waals surface area contributed by atoms with Crippen molar-refractivity contribution in [2.75, 3.05) is 27.9 Å². The lowest BCUT2D eigenvalue weighted by Gasteiger charge is -2.32. The monoisotopic (exact) mass is 592 g/mol. The highest BCUT2D eigenvalue weighted by molar-refractivity contribution is 5.98. The van der Waals surface area contributed by atoms with E-state index in [0.29, 0.717) is 19.1 Å².